The molecule has 0 radical (unpaired) electrons. The molecule has 0 bridgehead atoms. The van der Waals surface area contributed by atoms with Gasteiger partial charge in [0, 0.05) is 41.1 Å². The summed E-state index contributed by atoms with van der Waals surface area (Å²) in [5.74, 6) is 0. The Kier molecular flexibility index (Phi) is 3.99. The number of alkyl halides is 3. The lowest BCUT2D eigenvalue weighted by atomic mass is 10.1. The van der Waals surface area contributed by atoms with Crippen molar-refractivity contribution in [1.29, 1.82) is 0 Å². The molecule has 0 aliphatic heterocycles. The van der Waals surface area contributed by atoms with Gasteiger partial charge in [-0.2, -0.15) is 13.2 Å². The van der Waals surface area contributed by atoms with Gasteiger partial charge in [0.15, 0.2) is 0 Å². The Labute approximate surface area is 113 Å². The van der Waals surface area contributed by atoms with Gasteiger partial charge in [-0.1, -0.05) is 0 Å². The van der Waals surface area contributed by atoms with E-state index in [0.29, 0.717) is 22.1 Å². The van der Waals surface area contributed by atoms with Crippen LogP contribution in [0.25, 0.3) is 10.8 Å². The molecule has 0 saturated heterocycles. The third-order valence-electron chi connectivity index (χ3n) is 2.91. The third-order valence-corrected chi connectivity index (χ3v) is 2.91. The largest absolute Gasteiger partial charge is 0.405 e. The predicted octanol–water partition coefficient (Wildman–Crippen LogP) is 2.18. The SMILES string of the molecule is Nc1ccc(N(CCO)CC(F)(F)F)c2ccncc12. The maximum atomic E-state index is 12.6. The fourth-order valence-electron chi connectivity index (χ4n) is 2.09. The molecule has 2 aromatic rings. The van der Waals surface area contributed by atoms with Crippen molar-refractivity contribution in [3.8, 4) is 0 Å². The minimum absolute atomic E-state index is 0.110. The number of hydrogen-bond donors (Lipinski definition) is 2. The number of pyridine rings is 1. The van der Waals surface area contributed by atoms with Crippen LogP contribution in [-0.2, 0) is 0 Å². The Morgan fingerprint density at radius 3 is 2.60 bits per heavy atom. The summed E-state index contributed by atoms with van der Waals surface area (Å²) in [5.41, 5.74) is 6.63. The Bertz CT molecular complexity index is 601. The number of anilines is 2. The average molecular weight is 285 g/mol. The molecular formula is C13H14F3N3O. The van der Waals surface area contributed by atoms with Crippen molar-refractivity contribution in [2.24, 2.45) is 0 Å². The normalized spacial score (nSPS) is 11.8. The summed E-state index contributed by atoms with van der Waals surface area (Å²) in [4.78, 5) is 5.01. The Morgan fingerprint density at radius 2 is 1.95 bits per heavy atom. The fraction of sp³-hybridized carbons (Fsp3) is 0.308. The minimum Gasteiger partial charge on any atom is -0.398 e. The molecule has 0 aliphatic rings. The molecule has 0 aliphatic carbocycles. The first-order chi connectivity index (χ1) is 9.42. The zero-order valence-corrected chi connectivity index (χ0v) is 10.6. The van der Waals surface area contributed by atoms with Gasteiger partial charge in [-0.05, 0) is 18.2 Å². The van der Waals surface area contributed by atoms with Gasteiger partial charge in [0.05, 0.1) is 6.61 Å². The molecule has 0 fully saturated rings. The minimum atomic E-state index is -4.35. The molecule has 1 aromatic heterocycles. The first-order valence-corrected chi connectivity index (χ1v) is 5.97. The summed E-state index contributed by atoms with van der Waals surface area (Å²) in [6.45, 7) is -1.61. The van der Waals surface area contributed by atoms with Crippen LogP contribution >= 0.6 is 0 Å². The van der Waals surface area contributed by atoms with Crippen LogP contribution in [-0.4, -0.2) is 36.0 Å². The van der Waals surface area contributed by atoms with Gasteiger partial charge in [-0.15, -0.1) is 0 Å². The molecule has 7 heteroatoms. The smallest absolute Gasteiger partial charge is 0.398 e. The molecule has 108 valence electrons. The predicted molar refractivity (Wildman–Crippen MR) is 71.5 cm³/mol. The zero-order chi connectivity index (χ0) is 14.8. The van der Waals surface area contributed by atoms with Crippen molar-refractivity contribution in [1.82, 2.24) is 4.98 Å². The van der Waals surface area contributed by atoms with Crippen LogP contribution in [0.5, 0.6) is 0 Å². The molecule has 0 saturated carbocycles. The van der Waals surface area contributed by atoms with Crippen molar-refractivity contribution in [3.05, 3.63) is 30.6 Å². The molecule has 3 N–H and O–H groups in total. The number of rotatable bonds is 4. The number of halogens is 3. The van der Waals surface area contributed by atoms with E-state index in [1.54, 1.807) is 12.1 Å². The lowest BCUT2D eigenvalue weighted by molar-refractivity contribution is -0.119. The fourth-order valence-corrected chi connectivity index (χ4v) is 2.09. The van der Waals surface area contributed by atoms with Crippen LogP contribution < -0.4 is 10.6 Å². The van der Waals surface area contributed by atoms with Gasteiger partial charge < -0.3 is 15.7 Å². The molecule has 4 nitrogen and oxygen atoms in total. The Balaban J connectivity index is 2.51. The van der Waals surface area contributed by atoms with Crippen molar-refractivity contribution in [2.75, 3.05) is 30.3 Å². The highest BCUT2D eigenvalue weighted by Crippen LogP contribution is 2.31. The molecular weight excluding hydrogens is 271 g/mol. The van der Waals surface area contributed by atoms with Crippen LogP contribution in [0.3, 0.4) is 0 Å². The summed E-state index contributed by atoms with van der Waals surface area (Å²) in [6.07, 6.45) is -1.34. The van der Waals surface area contributed by atoms with Crippen LogP contribution in [0.15, 0.2) is 30.6 Å². The van der Waals surface area contributed by atoms with Crippen molar-refractivity contribution in [2.45, 2.75) is 6.18 Å². The van der Waals surface area contributed by atoms with Gasteiger partial charge in [0.2, 0.25) is 0 Å². The maximum Gasteiger partial charge on any atom is 0.405 e. The Morgan fingerprint density at radius 1 is 1.20 bits per heavy atom. The highest BCUT2D eigenvalue weighted by atomic mass is 19.4. The molecule has 0 atom stereocenters. The first-order valence-electron chi connectivity index (χ1n) is 5.97. The number of fused-ring (bicyclic) bond motifs is 1. The average Bonchev–Trinajstić information content (AvgIpc) is 2.37. The van der Waals surface area contributed by atoms with E-state index in [1.165, 1.54) is 18.5 Å². The van der Waals surface area contributed by atoms with Crippen molar-refractivity contribution >= 4 is 22.1 Å². The number of nitrogen functional groups attached to an aromatic ring is 1. The monoisotopic (exact) mass is 285 g/mol. The van der Waals surface area contributed by atoms with E-state index in [2.05, 4.69) is 4.98 Å². The topological polar surface area (TPSA) is 62.4 Å². The van der Waals surface area contributed by atoms with E-state index >= 15 is 0 Å². The Hall–Kier alpha value is -2.02. The number of aromatic nitrogens is 1. The summed E-state index contributed by atoms with van der Waals surface area (Å²) >= 11 is 0. The lowest BCUT2D eigenvalue weighted by Crippen LogP contribution is -2.36. The second-order valence-electron chi connectivity index (χ2n) is 4.36. The third kappa shape index (κ3) is 3.11. The van der Waals surface area contributed by atoms with E-state index in [9.17, 15) is 13.2 Å². The molecule has 1 aromatic carbocycles. The molecule has 20 heavy (non-hydrogen) atoms. The van der Waals surface area contributed by atoms with Gasteiger partial charge in [0.25, 0.3) is 0 Å². The number of aliphatic hydroxyl groups excluding tert-OH is 1. The standard InChI is InChI=1S/C13H14F3N3O/c14-13(15,16)8-19(5-6-20)12-2-1-11(17)10-7-18-4-3-9(10)12/h1-4,7,20H,5-6,8,17H2. The van der Waals surface area contributed by atoms with Gasteiger partial charge >= 0.3 is 6.18 Å². The van der Waals surface area contributed by atoms with E-state index in [4.69, 9.17) is 10.8 Å². The van der Waals surface area contributed by atoms with Crippen molar-refractivity contribution < 1.29 is 18.3 Å². The number of hydrogen-bond acceptors (Lipinski definition) is 4. The zero-order valence-electron chi connectivity index (χ0n) is 10.6. The van der Waals surface area contributed by atoms with E-state index < -0.39 is 12.7 Å². The van der Waals surface area contributed by atoms with E-state index in [-0.39, 0.29) is 13.2 Å². The highest BCUT2D eigenvalue weighted by molar-refractivity contribution is 6.00. The van der Waals surface area contributed by atoms with Crippen LogP contribution in [0.2, 0.25) is 0 Å². The summed E-state index contributed by atoms with van der Waals surface area (Å²) in [7, 11) is 0. The van der Waals surface area contributed by atoms with Crippen LogP contribution in [0.4, 0.5) is 24.5 Å². The number of benzene rings is 1. The van der Waals surface area contributed by atoms with Gasteiger partial charge in [-0.3, -0.25) is 4.98 Å². The number of aliphatic hydroxyl groups is 1. The second kappa shape index (κ2) is 5.54. The first kappa shape index (κ1) is 14.4. The second-order valence-corrected chi connectivity index (χ2v) is 4.36. The molecule has 0 amide bonds. The number of nitrogens with zero attached hydrogens (tertiary/aromatic N) is 2. The van der Waals surface area contributed by atoms with Crippen LogP contribution in [0.1, 0.15) is 0 Å². The highest BCUT2D eigenvalue weighted by Gasteiger charge is 2.31. The molecule has 1 heterocycles. The molecule has 2 rings (SSSR count). The van der Waals surface area contributed by atoms with E-state index in [1.807, 2.05) is 0 Å². The molecule has 0 spiro atoms. The lowest BCUT2D eigenvalue weighted by Gasteiger charge is -2.26. The summed E-state index contributed by atoms with van der Waals surface area (Å²) in [5, 5.41) is 10.1. The van der Waals surface area contributed by atoms with Crippen molar-refractivity contribution in [3.63, 3.8) is 0 Å². The number of nitrogens with two attached hydrogens (primary N) is 1. The maximum absolute atomic E-state index is 12.6. The van der Waals surface area contributed by atoms with Gasteiger partial charge in [0.1, 0.15) is 6.54 Å². The summed E-state index contributed by atoms with van der Waals surface area (Å²) in [6, 6.07) is 4.68. The van der Waals surface area contributed by atoms with E-state index in [0.717, 1.165) is 4.90 Å². The quantitative estimate of drug-likeness (QED) is 0.845. The summed E-state index contributed by atoms with van der Waals surface area (Å²) < 4.78 is 37.9. The van der Waals surface area contributed by atoms with Crippen LogP contribution in [0, 0.1) is 0 Å². The molecule has 0 unspecified atom stereocenters. The van der Waals surface area contributed by atoms with Gasteiger partial charge in [-0.25, -0.2) is 0 Å².